The van der Waals surface area contributed by atoms with Crippen molar-refractivity contribution in [3.63, 3.8) is 0 Å². The van der Waals surface area contributed by atoms with Gasteiger partial charge in [-0.2, -0.15) is 5.10 Å². The molecule has 2 rings (SSSR count). The van der Waals surface area contributed by atoms with E-state index in [1.54, 1.807) is 0 Å². The molecule has 1 fully saturated rings. The van der Waals surface area contributed by atoms with Gasteiger partial charge < -0.3 is 5.32 Å². The molecule has 0 aromatic carbocycles. The summed E-state index contributed by atoms with van der Waals surface area (Å²) in [7, 11) is 0. The Morgan fingerprint density at radius 1 is 1.24 bits per heavy atom. The zero-order valence-corrected chi connectivity index (χ0v) is 11.5. The second-order valence-electron chi connectivity index (χ2n) is 5.76. The molecule has 1 aliphatic carbocycles. The topological polar surface area (TPSA) is 40.7 Å². The summed E-state index contributed by atoms with van der Waals surface area (Å²) in [5.41, 5.74) is 3.68. The Balaban J connectivity index is 1.87. The minimum absolute atomic E-state index is 0.690. The lowest BCUT2D eigenvalue weighted by molar-refractivity contribution is 0.225. The molecule has 1 heterocycles. The molecule has 0 aliphatic heterocycles. The summed E-state index contributed by atoms with van der Waals surface area (Å²) in [4.78, 5) is 0. The number of hydrogen-bond donors (Lipinski definition) is 2. The predicted molar refractivity (Wildman–Crippen MR) is 70.9 cm³/mol. The van der Waals surface area contributed by atoms with Gasteiger partial charge in [-0.3, -0.25) is 5.10 Å². The Morgan fingerprint density at radius 2 is 2.00 bits per heavy atom. The van der Waals surface area contributed by atoms with Crippen molar-refractivity contribution in [3.8, 4) is 0 Å². The van der Waals surface area contributed by atoms with Crippen LogP contribution in [0.25, 0.3) is 0 Å². The molecule has 2 N–H and O–H groups in total. The van der Waals surface area contributed by atoms with E-state index in [1.807, 2.05) is 0 Å². The van der Waals surface area contributed by atoms with Crippen molar-refractivity contribution in [1.82, 2.24) is 15.5 Å². The van der Waals surface area contributed by atoms with Crippen LogP contribution in [0.2, 0.25) is 0 Å². The zero-order valence-electron chi connectivity index (χ0n) is 11.5. The van der Waals surface area contributed by atoms with E-state index in [4.69, 9.17) is 0 Å². The standard InChI is InChI=1S/C14H25N3/c1-9-5-6-13(7-10(9)2)15-8-14-11(3)16-17-12(14)4/h9-10,13,15H,5-8H2,1-4H3,(H,16,17). The van der Waals surface area contributed by atoms with E-state index < -0.39 is 0 Å². The van der Waals surface area contributed by atoms with Gasteiger partial charge in [-0.25, -0.2) is 0 Å². The molecule has 3 unspecified atom stereocenters. The van der Waals surface area contributed by atoms with Crippen LogP contribution < -0.4 is 5.32 Å². The molecule has 0 spiro atoms. The van der Waals surface area contributed by atoms with Crippen LogP contribution in [-0.2, 0) is 6.54 Å². The fourth-order valence-corrected chi connectivity index (χ4v) is 2.81. The van der Waals surface area contributed by atoms with Gasteiger partial charge in [0.1, 0.15) is 0 Å². The second kappa shape index (κ2) is 5.21. The molecule has 3 heteroatoms. The number of rotatable bonds is 3. The first-order valence-corrected chi connectivity index (χ1v) is 6.81. The highest BCUT2D eigenvalue weighted by atomic mass is 15.1. The number of nitrogens with zero attached hydrogens (tertiary/aromatic N) is 1. The van der Waals surface area contributed by atoms with Crippen molar-refractivity contribution in [2.75, 3.05) is 0 Å². The van der Waals surface area contributed by atoms with Gasteiger partial charge in [0.05, 0.1) is 5.69 Å². The molecule has 1 saturated carbocycles. The summed E-state index contributed by atoms with van der Waals surface area (Å²) in [5.74, 6) is 1.75. The molecule has 1 aliphatic rings. The van der Waals surface area contributed by atoms with Crippen LogP contribution in [-0.4, -0.2) is 16.2 Å². The van der Waals surface area contributed by atoms with E-state index in [9.17, 15) is 0 Å². The Kier molecular flexibility index (Phi) is 3.87. The van der Waals surface area contributed by atoms with Gasteiger partial charge in [0.15, 0.2) is 0 Å². The quantitative estimate of drug-likeness (QED) is 0.845. The highest BCUT2D eigenvalue weighted by Crippen LogP contribution is 2.29. The van der Waals surface area contributed by atoms with Crippen LogP contribution in [0.3, 0.4) is 0 Å². The first-order valence-electron chi connectivity index (χ1n) is 6.81. The van der Waals surface area contributed by atoms with E-state index in [2.05, 4.69) is 43.2 Å². The van der Waals surface area contributed by atoms with Crippen molar-refractivity contribution in [1.29, 1.82) is 0 Å². The van der Waals surface area contributed by atoms with Crippen LogP contribution in [0.1, 0.15) is 50.1 Å². The Labute approximate surface area is 104 Å². The summed E-state index contributed by atoms with van der Waals surface area (Å²) < 4.78 is 0. The van der Waals surface area contributed by atoms with Gasteiger partial charge in [-0.1, -0.05) is 13.8 Å². The maximum Gasteiger partial charge on any atom is 0.0638 e. The van der Waals surface area contributed by atoms with Gasteiger partial charge >= 0.3 is 0 Å². The first-order chi connectivity index (χ1) is 8.08. The predicted octanol–water partition coefficient (Wildman–Crippen LogP) is 2.94. The molecule has 1 aromatic rings. The van der Waals surface area contributed by atoms with Crippen molar-refractivity contribution in [2.24, 2.45) is 11.8 Å². The lowest BCUT2D eigenvalue weighted by atomic mass is 9.79. The van der Waals surface area contributed by atoms with E-state index in [0.717, 1.165) is 24.1 Å². The molecule has 3 atom stereocenters. The summed E-state index contributed by atoms with van der Waals surface area (Å²) >= 11 is 0. The number of aromatic nitrogens is 2. The molecule has 0 bridgehead atoms. The molecule has 1 aromatic heterocycles. The van der Waals surface area contributed by atoms with Gasteiger partial charge in [-0.15, -0.1) is 0 Å². The lowest BCUT2D eigenvalue weighted by Crippen LogP contribution is -2.35. The summed E-state index contributed by atoms with van der Waals surface area (Å²) in [5, 5.41) is 11.0. The smallest absolute Gasteiger partial charge is 0.0638 e. The second-order valence-corrected chi connectivity index (χ2v) is 5.76. The van der Waals surface area contributed by atoms with Gasteiger partial charge in [-0.05, 0) is 44.9 Å². The molecular formula is C14H25N3. The molecule has 3 nitrogen and oxygen atoms in total. The summed E-state index contributed by atoms with van der Waals surface area (Å²) in [6, 6.07) is 0.690. The first kappa shape index (κ1) is 12.6. The van der Waals surface area contributed by atoms with Crippen LogP contribution in [0.4, 0.5) is 0 Å². The molecule has 0 saturated heterocycles. The van der Waals surface area contributed by atoms with Crippen LogP contribution in [0, 0.1) is 25.7 Å². The highest BCUT2D eigenvalue weighted by molar-refractivity contribution is 5.22. The fraction of sp³-hybridized carbons (Fsp3) is 0.786. The number of aromatic amines is 1. The maximum atomic E-state index is 4.24. The van der Waals surface area contributed by atoms with Crippen LogP contribution >= 0.6 is 0 Å². The molecule has 0 amide bonds. The zero-order chi connectivity index (χ0) is 12.4. The number of H-pyrrole nitrogens is 1. The van der Waals surface area contributed by atoms with Crippen LogP contribution in [0.15, 0.2) is 0 Å². The normalized spacial score (nSPS) is 29.5. The third kappa shape index (κ3) is 2.89. The summed E-state index contributed by atoms with van der Waals surface area (Å²) in [6.07, 6.45) is 4.00. The lowest BCUT2D eigenvalue weighted by Gasteiger charge is -2.32. The van der Waals surface area contributed by atoms with Crippen LogP contribution in [0.5, 0.6) is 0 Å². The molecular weight excluding hydrogens is 210 g/mol. The maximum absolute atomic E-state index is 4.24. The van der Waals surface area contributed by atoms with E-state index >= 15 is 0 Å². The number of hydrogen-bond acceptors (Lipinski definition) is 2. The average Bonchev–Trinajstić information content (AvgIpc) is 2.61. The number of nitrogens with one attached hydrogen (secondary N) is 2. The largest absolute Gasteiger partial charge is 0.310 e. The van der Waals surface area contributed by atoms with E-state index in [1.165, 1.54) is 30.5 Å². The monoisotopic (exact) mass is 235 g/mol. The van der Waals surface area contributed by atoms with E-state index in [0.29, 0.717) is 6.04 Å². The summed E-state index contributed by atoms with van der Waals surface area (Å²) in [6.45, 7) is 9.90. The fourth-order valence-electron chi connectivity index (χ4n) is 2.81. The minimum atomic E-state index is 0.690. The average molecular weight is 235 g/mol. The minimum Gasteiger partial charge on any atom is -0.310 e. The SMILES string of the molecule is Cc1n[nH]c(C)c1CNC1CCC(C)C(C)C1. The molecule has 96 valence electrons. The van der Waals surface area contributed by atoms with Gasteiger partial charge in [0.25, 0.3) is 0 Å². The van der Waals surface area contributed by atoms with E-state index in [-0.39, 0.29) is 0 Å². The molecule has 0 radical (unpaired) electrons. The van der Waals surface area contributed by atoms with Crippen molar-refractivity contribution in [2.45, 2.75) is 59.5 Å². The third-order valence-corrected chi connectivity index (χ3v) is 4.45. The third-order valence-electron chi connectivity index (χ3n) is 4.45. The van der Waals surface area contributed by atoms with Gasteiger partial charge in [0, 0.05) is 23.8 Å². The van der Waals surface area contributed by atoms with Crippen molar-refractivity contribution < 1.29 is 0 Å². The highest BCUT2D eigenvalue weighted by Gasteiger charge is 2.24. The number of aryl methyl sites for hydroxylation is 2. The Bertz CT molecular complexity index is 350. The Hall–Kier alpha value is -0.830. The van der Waals surface area contributed by atoms with Crippen molar-refractivity contribution >= 4 is 0 Å². The van der Waals surface area contributed by atoms with Gasteiger partial charge in [0.2, 0.25) is 0 Å². The molecule has 17 heavy (non-hydrogen) atoms. The Morgan fingerprint density at radius 3 is 2.59 bits per heavy atom. The van der Waals surface area contributed by atoms with Crippen molar-refractivity contribution in [3.05, 3.63) is 17.0 Å².